The quantitative estimate of drug-likeness (QED) is 0.612. The topological polar surface area (TPSA) is 22.0 Å². The molecule has 1 atom stereocenters. The third-order valence-electron chi connectivity index (χ3n) is 1.22. The van der Waals surface area contributed by atoms with Gasteiger partial charge in [0, 0.05) is 12.4 Å². The molecule has 1 rings (SSSR count). The van der Waals surface area contributed by atoms with Crippen LogP contribution < -0.4 is 0 Å². The summed E-state index contributed by atoms with van der Waals surface area (Å²) in [5, 5.41) is 0. The molecule has 0 aromatic carbocycles. The van der Waals surface area contributed by atoms with Crippen LogP contribution in [0.15, 0.2) is 24.5 Å². The lowest BCUT2D eigenvalue weighted by Gasteiger charge is -2.03. The van der Waals surface area contributed by atoms with Gasteiger partial charge in [0.1, 0.15) is 0 Å². The van der Waals surface area contributed by atoms with E-state index in [1.54, 1.807) is 12.1 Å². The molecule has 0 fully saturated rings. The fourth-order valence-corrected chi connectivity index (χ4v) is 0.709. The molecule has 0 aliphatic carbocycles. The lowest BCUT2D eigenvalue weighted by atomic mass is 10.4. The summed E-state index contributed by atoms with van der Waals surface area (Å²) >= 11 is 0. The molecule has 1 aromatic rings. The van der Waals surface area contributed by atoms with Crippen molar-refractivity contribution >= 4 is 5.78 Å². The van der Waals surface area contributed by atoms with Crippen LogP contribution in [0.1, 0.15) is 13.2 Å². The molecule has 0 spiro atoms. The fraction of sp³-hybridized carbons (Fsp3) is 0.286. The van der Waals surface area contributed by atoms with Crippen LogP contribution in [0.2, 0.25) is 0 Å². The van der Waals surface area contributed by atoms with E-state index in [0.29, 0.717) is 0 Å². The van der Waals surface area contributed by atoms with Crippen molar-refractivity contribution in [3.05, 3.63) is 24.5 Å². The number of aromatic nitrogens is 1. The highest BCUT2D eigenvalue weighted by molar-refractivity contribution is 5.78. The van der Waals surface area contributed by atoms with Crippen LogP contribution in [-0.2, 0) is 4.79 Å². The number of nitrogens with zero attached hydrogens (tertiary/aromatic N) is 1. The Labute approximate surface area is 58.3 Å². The maximum absolute atomic E-state index is 12.7. The third-order valence-corrected chi connectivity index (χ3v) is 1.22. The molecule has 0 aliphatic heterocycles. The lowest BCUT2D eigenvalue weighted by molar-refractivity contribution is -0.124. The van der Waals surface area contributed by atoms with E-state index in [4.69, 9.17) is 0 Å². The molecule has 0 amide bonds. The van der Waals surface area contributed by atoms with Gasteiger partial charge in [-0.2, -0.15) is 0 Å². The predicted molar refractivity (Wildman–Crippen MR) is 35.3 cm³/mol. The third kappa shape index (κ3) is 1.23. The van der Waals surface area contributed by atoms with Gasteiger partial charge in [-0.15, -0.1) is 0 Å². The van der Waals surface area contributed by atoms with Crippen LogP contribution >= 0.6 is 0 Å². The maximum atomic E-state index is 12.7. The zero-order valence-corrected chi connectivity index (χ0v) is 5.62. The molecule has 0 saturated carbocycles. The van der Waals surface area contributed by atoms with Crippen molar-refractivity contribution in [2.24, 2.45) is 0 Å². The van der Waals surface area contributed by atoms with Crippen LogP contribution in [0.25, 0.3) is 0 Å². The first-order valence-corrected chi connectivity index (χ1v) is 2.99. The Kier molecular flexibility index (Phi) is 1.85. The molecule has 3 heteroatoms. The number of rotatable bonds is 2. The second-order valence-corrected chi connectivity index (χ2v) is 2.08. The Balaban J connectivity index is 2.77. The van der Waals surface area contributed by atoms with Gasteiger partial charge in [-0.1, -0.05) is 0 Å². The van der Waals surface area contributed by atoms with Crippen molar-refractivity contribution in [2.45, 2.75) is 13.2 Å². The average Bonchev–Trinajstić information content (AvgIpc) is 2.36. The van der Waals surface area contributed by atoms with Gasteiger partial charge in [0.2, 0.25) is 6.30 Å². The number of alkyl halides is 1. The Morgan fingerprint density at radius 1 is 1.50 bits per heavy atom. The van der Waals surface area contributed by atoms with E-state index in [0.717, 1.165) is 0 Å². The standard InChI is InChI=1S/C7H8FNO/c1-6(10)7(8)9-4-2-3-5-9/h2-5,7H,1H3. The van der Waals surface area contributed by atoms with Crippen molar-refractivity contribution < 1.29 is 9.18 Å². The minimum absolute atomic E-state index is 0.476. The van der Waals surface area contributed by atoms with E-state index in [2.05, 4.69) is 0 Å². The molecule has 0 N–H and O–H groups in total. The summed E-state index contributed by atoms with van der Waals surface area (Å²) in [6.07, 6.45) is 1.52. The summed E-state index contributed by atoms with van der Waals surface area (Å²) < 4.78 is 13.9. The van der Waals surface area contributed by atoms with Crippen LogP contribution in [-0.4, -0.2) is 10.4 Å². The second kappa shape index (κ2) is 2.64. The van der Waals surface area contributed by atoms with E-state index in [9.17, 15) is 9.18 Å². The molecule has 1 unspecified atom stereocenters. The number of Topliss-reactive ketones (excluding diaryl/α,β-unsaturated/α-hetero) is 1. The monoisotopic (exact) mass is 141 g/mol. The molecule has 1 heterocycles. The highest BCUT2D eigenvalue weighted by atomic mass is 19.1. The largest absolute Gasteiger partial charge is 0.318 e. The molecule has 54 valence electrons. The van der Waals surface area contributed by atoms with Gasteiger partial charge in [0.05, 0.1) is 0 Å². The Morgan fingerprint density at radius 3 is 2.40 bits per heavy atom. The van der Waals surface area contributed by atoms with E-state index in [1.165, 1.54) is 23.9 Å². The van der Waals surface area contributed by atoms with Gasteiger partial charge < -0.3 is 4.57 Å². The lowest BCUT2D eigenvalue weighted by Crippen LogP contribution is -2.09. The molecule has 0 saturated heterocycles. The van der Waals surface area contributed by atoms with Crippen molar-refractivity contribution in [2.75, 3.05) is 0 Å². The molecule has 1 aromatic heterocycles. The molecular formula is C7H8FNO. The van der Waals surface area contributed by atoms with Crippen LogP contribution in [0.3, 0.4) is 0 Å². The first kappa shape index (κ1) is 6.99. The van der Waals surface area contributed by atoms with Crippen LogP contribution in [0.5, 0.6) is 0 Å². The molecule has 10 heavy (non-hydrogen) atoms. The Hall–Kier alpha value is -1.12. The molecular weight excluding hydrogens is 133 g/mol. The van der Waals surface area contributed by atoms with Gasteiger partial charge in [-0.3, -0.25) is 4.79 Å². The zero-order valence-electron chi connectivity index (χ0n) is 5.62. The van der Waals surface area contributed by atoms with Gasteiger partial charge in [0.25, 0.3) is 0 Å². The summed E-state index contributed by atoms with van der Waals surface area (Å²) in [6.45, 7) is 1.23. The number of hydrogen-bond donors (Lipinski definition) is 0. The van der Waals surface area contributed by atoms with Crippen molar-refractivity contribution in [1.82, 2.24) is 4.57 Å². The summed E-state index contributed by atoms with van der Waals surface area (Å²) in [6, 6.07) is 3.35. The van der Waals surface area contributed by atoms with Crippen molar-refractivity contribution in [3.8, 4) is 0 Å². The van der Waals surface area contributed by atoms with Gasteiger partial charge in [-0.25, -0.2) is 4.39 Å². The fourth-order valence-electron chi connectivity index (χ4n) is 0.709. The number of carbonyl (C=O) groups is 1. The molecule has 2 nitrogen and oxygen atoms in total. The summed E-state index contributed by atoms with van der Waals surface area (Å²) in [5.41, 5.74) is 0. The number of carbonyl (C=O) groups excluding carboxylic acids is 1. The number of ketones is 1. The first-order valence-electron chi connectivity index (χ1n) is 2.99. The van der Waals surface area contributed by atoms with E-state index >= 15 is 0 Å². The molecule has 0 radical (unpaired) electrons. The van der Waals surface area contributed by atoms with Crippen LogP contribution in [0, 0.1) is 0 Å². The molecule has 0 aliphatic rings. The van der Waals surface area contributed by atoms with Crippen molar-refractivity contribution in [1.29, 1.82) is 0 Å². The van der Waals surface area contributed by atoms with Crippen LogP contribution in [0.4, 0.5) is 4.39 Å². The minimum atomic E-state index is -1.52. The van der Waals surface area contributed by atoms with Gasteiger partial charge in [0.15, 0.2) is 5.78 Å². The summed E-state index contributed by atoms with van der Waals surface area (Å²) in [7, 11) is 0. The number of halogens is 1. The minimum Gasteiger partial charge on any atom is -0.318 e. The highest BCUT2D eigenvalue weighted by Gasteiger charge is 2.11. The Bertz CT molecular complexity index is 218. The average molecular weight is 141 g/mol. The number of hydrogen-bond acceptors (Lipinski definition) is 1. The zero-order chi connectivity index (χ0) is 7.56. The summed E-state index contributed by atoms with van der Waals surface area (Å²) in [4.78, 5) is 10.4. The SMILES string of the molecule is CC(=O)C(F)n1cccc1. The molecule has 0 bridgehead atoms. The van der Waals surface area contributed by atoms with E-state index < -0.39 is 12.1 Å². The second-order valence-electron chi connectivity index (χ2n) is 2.08. The Morgan fingerprint density at radius 2 is 2.00 bits per heavy atom. The van der Waals surface area contributed by atoms with Crippen molar-refractivity contribution in [3.63, 3.8) is 0 Å². The normalized spacial score (nSPS) is 13.0. The first-order chi connectivity index (χ1) is 4.72. The van der Waals surface area contributed by atoms with E-state index in [-0.39, 0.29) is 0 Å². The smallest absolute Gasteiger partial charge is 0.234 e. The van der Waals surface area contributed by atoms with Gasteiger partial charge in [-0.05, 0) is 19.1 Å². The van der Waals surface area contributed by atoms with E-state index in [1.807, 2.05) is 0 Å². The highest BCUT2D eigenvalue weighted by Crippen LogP contribution is 2.08. The predicted octanol–water partition coefficient (Wildman–Crippen LogP) is 1.55. The van der Waals surface area contributed by atoms with Gasteiger partial charge >= 0.3 is 0 Å². The summed E-state index contributed by atoms with van der Waals surface area (Å²) in [5.74, 6) is -0.476. The maximum Gasteiger partial charge on any atom is 0.234 e.